The molecule has 1 fully saturated rings. The van der Waals surface area contributed by atoms with Crippen molar-refractivity contribution in [3.63, 3.8) is 0 Å². The molecule has 3 rings (SSSR count). The first kappa shape index (κ1) is 24.3. The summed E-state index contributed by atoms with van der Waals surface area (Å²) in [7, 11) is 0. The van der Waals surface area contributed by atoms with Gasteiger partial charge in [-0.3, -0.25) is 4.90 Å². The lowest BCUT2D eigenvalue weighted by molar-refractivity contribution is -0.158. The summed E-state index contributed by atoms with van der Waals surface area (Å²) in [6.07, 6.45) is 1.03. The number of esters is 1. The maximum atomic E-state index is 13.3. The highest BCUT2D eigenvalue weighted by atomic mass is 127. The van der Waals surface area contributed by atoms with Gasteiger partial charge in [0.1, 0.15) is 5.54 Å². The molecule has 1 saturated heterocycles. The number of alkyl halides is 1. The average Bonchev–Trinajstić information content (AvgIpc) is 2.73. The third kappa shape index (κ3) is 5.55. The second-order valence-corrected chi connectivity index (χ2v) is 10.5. The molecule has 0 saturated carbocycles. The molecule has 2 aromatic carbocycles. The Morgan fingerprint density at radius 2 is 1.94 bits per heavy atom. The standard InChI is InChI=1S/C25H32ClIN2O2/c1-5-31-24(30)25(4,20-11-9-19(10-12-20)15-18(2)3)29-14-13-28(17-23(29)27)22-8-6-7-21(26)16-22/h6-12,16,18,23H,5,13-15,17H2,1-4H3. The normalized spacial score (nSPS) is 19.3. The van der Waals surface area contributed by atoms with E-state index in [2.05, 4.69) is 76.6 Å². The SMILES string of the molecule is CCOC(=O)C(C)(c1ccc(CC(C)C)cc1)N1CCN(c2cccc(Cl)c2)CC1I. The number of anilines is 1. The number of halogens is 2. The molecule has 31 heavy (non-hydrogen) atoms. The van der Waals surface area contributed by atoms with Crippen LogP contribution < -0.4 is 4.90 Å². The van der Waals surface area contributed by atoms with E-state index >= 15 is 0 Å². The summed E-state index contributed by atoms with van der Waals surface area (Å²) in [5.41, 5.74) is 2.56. The van der Waals surface area contributed by atoms with Crippen molar-refractivity contribution in [2.75, 3.05) is 31.1 Å². The van der Waals surface area contributed by atoms with Gasteiger partial charge < -0.3 is 9.64 Å². The Kier molecular flexibility index (Phi) is 8.27. The molecule has 2 unspecified atom stereocenters. The lowest BCUT2D eigenvalue weighted by atomic mass is 9.87. The second-order valence-electron chi connectivity index (χ2n) is 8.64. The number of rotatable bonds is 7. The van der Waals surface area contributed by atoms with Gasteiger partial charge in [-0.25, -0.2) is 4.79 Å². The fourth-order valence-corrected chi connectivity index (χ4v) is 5.76. The molecule has 0 aliphatic carbocycles. The zero-order chi connectivity index (χ0) is 22.6. The zero-order valence-electron chi connectivity index (χ0n) is 18.8. The molecule has 0 spiro atoms. The van der Waals surface area contributed by atoms with E-state index in [1.807, 2.05) is 32.0 Å². The summed E-state index contributed by atoms with van der Waals surface area (Å²) in [6, 6.07) is 16.5. The van der Waals surface area contributed by atoms with Crippen LogP contribution in [0.3, 0.4) is 0 Å². The third-order valence-electron chi connectivity index (χ3n) is 5.90. The zero-order valence-corrected chi connectivity index (χ0v) is 21.7. The molecule has 0 bridgehead atoms. The predicted molar refractivity (Wildman–Crippen MR) is 137 cm³/mol. The van der Waals surface area contributed by atoms with Gasteiger partial charge in [0.2, 0.25) is 0 Å². The summed E-state index contributed by atoms with van der Waals surface area (Å²) in [5, 5.41) is 0.739. The van der Waals surface area contributed by atoms with Gasteiger partial charge in [-0.15, -0.1) is 0 Å². The first-order valence-electron chi connectivity index (χ1n) is 10.9. The Bertz CT molecular complexity index is 889. The van der Waals surface area contributed by atoms with Crippen molar-refractivity contribution in [3.05, 3.63) is 64.7 Å². The minimum atomic E-state index is -0.835. The average molecular weight is 555 g/mol. The highest BCUT2D eigenvalue weighted by molar-refractivity contribution is 14.1. The van der Waals surface area contributed by atoms with Crippen LogP contribution in [0.4, 0.5) is 5.69 Å². The summed E-state index contributed by atoms with van der Waals surface area (Å²) >= 11 is 8.65. The first-order chi connectivity index (χ1) is 14.8. The van der Waals surface area contributed by atoms with Crippen molar-refractivity contribution >= 4 is 45.8 Å². The molecule has 168 valence electrons. The van der Waals surface area contributed by atoms with E-state index in [1.54, 1.807) is 0 Å². The lowest BCUT2D eigenvalue weighted by Gasteiger charge is -2.48. The number of nitrogens with zero attached hydrogens (tertiary/aromatic N) is 2. The van der Waals surface area contributed by atoms with Gasteiger partial charge in [0.15, 0.2) is 0 Å². The smallest absolute Gasteiger partial charge is 0.330 e. The molecule has 2 atom stereocenters. The van der Waals surface area contributed by atoms with E-state index < -0.39 is 5.54 Å². The topological polar surface area (TPSA) is 32.8 Å². The van der Waals surface area contributed by atoms with Crippen LogP contribution in [0.25, 0.3) is 0 Å². The summed E-state index contributed by atoms with van der Waals surface area (Å²) in [4.78, 5) is 17.9. The Morgan fingerprint density at radius 3 is 2.52 bits per heavy atom. The monoisotopic (exact) mass is 554 g/mol. The lowest BCUT2D eigenvalue weighted by Crippen LogP contribution is -2.61. The molecule has 0 radical (unpaired) electrons. The van der Waals surface area contributed by atoms with Gasteiger partial charge >= 0.3 is 5.97 Å². The molecule has 1 aliphatic rings. The van der Waals surface area contributed by atoms with Crippen LogP contribution in [0.15, 0.2) is 48.5 Å². The number of piperazine rings is 1. The van der Waals surface area contributed by atoms with Gasteiger partial charge in [-0.2, -0.15) is 0 Å². The highest BCUT2D eigenvalue weighted by Crippen LogP contribution is 2.36. The van der Waals surface area contributed by atoms with Crippen LogP contribution in [0, 0.1) is 5.92 Å². The first-order valence-corrected chi connectivity index (χ1v) is 12.6. The molecule has 1 heterocycles. The number of hydrogen-bond donors (Lipinski definition) is 0. The van der Waals surface area contributed by atoms with E-state index in [0.29, 0.717) is 12.5 Å². The Balaban J connectivity index is 1.87. The van der Waals surface area contributed by atoms with Gasteiger partial charge in [-0.05, 0) is 55.5 Å². The van der Waals surface area contributed by atoms with E-state index in [1.165, 1.54) is 5.56 Å². The number of carbonyl (C=O) groups is 1. The van der Waals surface area contributed by atoms with Crippen molar-refractivity contribution in [1.82, 2.24) is 4.90 Å². The van der Waals surface area contributed by atoms with Crippen molar-refractivity contribution in [2.45, 2.75) is 43.7 Å². The second kappa shape index (κ2) is 10.5. The molecule has 0 N–H and O–H groups in total. The van der Waals surface area contributed by atoms with Crippen molar-refractivity contribution in [1.29, 1.82) is 0 Å². The van der Waals surface area contributed by atoms with Crippen LogP contribution in [0.1, 0.15) is 38.8 Å². The molecule has 6 heteroatoms. The Morgan fingerprint density at radius 1 is 1.23 bits per heavy atom. The van der Waals surface area contributed by atoms with E-state index in [0.717, 1.165) is 42.3 Å². The van der Waals surface area contributed by atoms with Crippen molar-refractivity contribution < 1.29 is 9.53 Å². The fraction of sp³-hybridized carbons (Fsp3) is 0.480. The number of ether oxygens (including phenoxy) is 1. The molecule has 2 aromatic rings. The van der Waals surface area contributed by atoms with E-state index in [4.69, 9.17) is 16.3 Å². The summed E-state index contributed by atoms with van der Waals surface area (Å²) in [6.45, 7) is 11.1. The molecule has 1 aliphatic heterocycles. The molecule has 0 amide bonds. The van der Waals surface area contributed by atoms with Crippen LogP contribution in [0.5, 0.6) is 0 Å². The number of benzene rings is 2. The van der Waals surface area contributed by atoms with Crippen LogP contribution in [-0.2, 0) is 21.5 Å². The number of carbonyl (C=O) groups excluding carboxylic acids is 1. The highest BCUT2D eigenvalue weighted by Gasteiger charge is 2.46. The van der Waals surface area contributed by atoms with Crippen molar-refractivity contribution in [2.24, 2.45) is 5.92 Å². The molecular formula is C25H32ClIN2O2. The summed E-state index contributed by atoms with van der Waals surface area (Å²) in [5.74, 6) is 0.407. The minimum absolute atomic E-state index is 0.134. The van der Waals surface area contributed by atoms with Gasteiger partial charge in [0.05, 0.1) is 10.7 Å². The van der Waals surface area contributed by atoms with Crippen LogP contribution in [-0.4, -0.2) is 41.2 Å². The fourth-order valence-electron chi connectivity index (χ4n) is 4.26. The summed E-state index contributed by atoms with van der Waals surface area (Å²) < 4.78 is 5.70. The maximum absolute atomic E-state index is 13.3. The van der Waals surface area contributed by atoms with Gasteiger partial charge in [0.25, 0.3) is 0 Å². The van der Waals surface area contributed by atoms with Crippen LogP contribution >= 0.6 is 34.2 Å². The molecule has 0 aromatic heterocycles. The van der Waals surface area contributed by atoms with Gasteiger partial charge in [0, 0.05) is 30.3 Å². The quantitative estimate of drug-likeness (QED) is 0.185. The van der Waals surface area contributed by atoms with Crippen molar-refractivity contribution in [3.8, 4) is 0 Å². The molecular weight excluding hydrogens is 523 g/mol. The third-order valence-corrected chi connectivity index (χ3v) is 7.20. The predicted octanol–water partition coefficient (Wildman–Crippen LogP) is 5.90. The van der Waals surface area contributed by atoms with Gasteiger partial charge in [-0.1, -0.05) is 78.4 Å². The Labute approximate surface area is 205 Å². The Hall–Kier alpha value is -1.31. The van der Waals surface area contributed by atoms with E-state index in [9.17, 15) is 4.79 Å². The largest absolute Gasteiger partial charge is 0.464 e. The number of hydrogen-bond acceptors (Lipinski definition) is 4. The molecule has 4 nitrogen and oxygen atoms in total. The van der Waals surface area contributed by atoms with E-state index in [-0.39, 0.29) is 10.0 Å². The maximum Gasteiger partial charge on any atom is 0.330 e. The van der Waals surface area contributed by atoms with Crippen LogP contribution in [0.2, 0.25) is 5.02 Å². The minimum Gasteiger partial charge on any atom is -0.464 e.